The van der Waals surface area contributed by atoms with Crippen LogP contribution in [-0.4, -0.2) is 29.5 Å². The predicted octanol–water partition coefficient (Wildman–Crippen LogP) is 2.35. The van der Waals surface area contributed by atoms with Crippen LogP contribution < -0.4 is 0 Å². The summed E-state index contributed by atoms with van der Waals surface area (Å²) in [6.45, 7) is 0. The van der Waals surface area contributed by atoms with Crippen LogP contribution in [0.3, 0.4) is 0 Å². The minimum absolute atomic E-state index is 0.588. The Morgan fingerprint density at radius 2 is 2.10 bits per heavy atom. The molecule has 3 aromatic rings. The van der Waals surface area contributed by atoms with Gasteiger partial charge in [-0.1, -0.05) is 30.0 Å². The van der Waals surface area contributed by atoms with Crippen LogP contribution in [0.4, 0.5) is 0 Å². The van der Waals surface area contributed by atoms with Gasteiger partial charge < -0.3 is 4.57 Å². The van der Waals surface area contributed by atoms with Gasteiger partial charge in [-0.15, -0.1) is 10.2 Å². The molecule has 0 fully saturated rings. The van der Waals surface area contributed by atoms with E-state index in [1.165, 1.54) is 0 Å². The van der Waals surface area contributed by atoms with E-state index in [0.717, 1.165) is 16.7 Å². The maximum Gasteiger partial charge on any atom is 0.199 e. The molecule has 2 aromatic heterocycles. The SMILES string of the molecule is Cn1cnnc1SCc1n[nH]c(=S)n1-c1ccccc1. The smallest absolute Gasteiger partial charge is 0.199 e. The molecule has 8 heteroatoms. The van der Waals surface area contributed by atoms with Crippen molar-refractivity contribution in [3.8, 4) is 5.69 Å². The highest BCUT2D eigenvalue weighted by atomic mass is 32.2. The van der Waals surface area contributed by atoms with Crippen LogP contribution in [0.25, 0.3) is 5.69 Å². The first-order chi connectivity index (χ1) is 9.75. The van der Waals surface area contributed by atoms with E-state index in [-0.39, 0.29) is 0 Å². The van der Waals surface area contributed by atoms with Gasteiger partial charge in [0.2, 0.25) is 0 Å². The molecule has 1 N–H and O–H groups in total. The maximum absolute atomic E-state index is 5.30. The molecule has 0 aliphatic rings. The van der Waals surface area contributed by atoms with Crippen molar-refractivity contribution in [3.63, 3.8) is 0 Å². The molecule has 20 heavy (non-hydrogen) atoms. The lowest BCUT2D eigenvalue weighted by atomic mass is 10.3. The lowest BCUT2D eigenvalue weighted by Crippen LogP contribution is -2.00. The average Bonchev–Trinajstić information content (AvgIpc) is 3.03. The number of nitrogens with zero attached hydrogens (tertiary/aromatic N) is 5. The second-order valence-electron chi connectivity index (χ2n) is 4.13. The molecule has 0 saturated carbocycles. The standard InChI is InChI=1S/C12H12N6S2/c1-17-8-13-16-12(17)20-7-10-14-15-11(19)18(10)9-5-3-2-4-6-9/h2-6,8H,7H2,1H3,(H,15,19). The van der Waals surface area contributed by atoms with E-state index in [1.54, 1.807) is 18.1 Å². The zero-order valence-electron chi connectivity index (χ0n) is 10.7. The average molecular weight is 304 g/mol. The van der Waals surface area contributed by atoms with Crippen molar-refractivity contribution in [3.05, 3.63) is 47.3 Å². The summed E-state index contributed by atoms with van der Waals surface area (Å²) in [5.41, 5.74) is 1.000. The maximum atomic E-state index is 5.30. The molecule has 0 radical (unpaired) electrons. The van der Waals surface area contributed by atoms with Crippen molar-refractivity contribution in [2.45, 2.75) is 10.9 Å². The van der Waals surface area contributed by atoms with E-state index in [9.17, 15) is 0 Å². The largest absolute Gasteiger partial charge is 0.312 e. The highest BCUT2D eigenvalue weighted by Gasteiger charge is 2.10. The van der Waals surface area contributed by atoms with Gasteiger partial charge in [-0.2, -0.15) is 5.10 Å². The van der Waals surface area contributed by atoms with Crippen LogP contribution in [0.15, 0.2) is 41.8 Å². The molecular formula is C12H12N6S2. The Morgan fingerprint density at radius 3 is 2.80 bits per heavy atom. The molecule has 0 spiro atoms. The number of aryl methyl sites for hydroxylation is 1. The Bertz CT molecular complexity index is 758. The van der Waals surface area contributed by atoms with Crippen LogP contribution in [0.2, 0.25) is 0 Å². The summed E-state index contributed by atoms with van der Waals surface area (Å²) in [6, 6.07) is 9.93. The van der Waals surface area contributed by atoms with Gasteiger partial charge in [-0.25, -0.2) is 0 Å². The summed E-state index contributed by atoms with van der Waals surface area (Å²) in [7, 11) is 1.91. The lowest BCUT2D eigenvalue weighted by Gasteiger charge is -2.06. The van der Waals surface area contributed by atoms with Gasteiger partial charge in [0, 0.05) is 12.7 Å². The summed E-state index contributed by atoms with van der Waals surface area (Å²) in [5.74, 6) is 1.52. The van der Waals surface area contributed by atoms with Gasteiger partial charge in [-0.05, 0) is 24.4 Å². The number of thioether (sulfide) groups is 1. The van der Waals surface area contributed by atoms with Gasteiger partial charge >= 0.3 is 0 Å². The van der Waals surface area contributed by atoms with E-state index in [4.69, 9.17) is 12.2 Å². The molecule has 0 saturated heterocycles. The minimum Gasteiger partial charge on any atom is -0.312 e. The molecule has 0 unspecified atom stereocenters. The Balaban J connectivity index is 1.88. The van der Waals surface area contributed by atoms with E-state index in [2.05, 4.69) is 20.4 Å². The zero-order valence-corrected chi connectivity index (χ0v) is 12.4. The molecule has 3 rings (SSSR count). The van der Waals surface area contributed by atoms with Gasteiger partial charge in [0.1, 0.15) is 12.2 Å². The Labute approximate surface area is 124 Å². The van der Waals surface area contributed by atoms with Crippen molar-refractivity contribution >= 4 is 24.0 Å². The summed E-state index contributed by atoms with van der Waals surface area (Å²) in [6.07, 6.45) is 1.68. The molecule has 1 aromatic carbocycles. The summed E-state index contributed by atoms with van der Waals surface area (Å²) < 4.78 is 4.39. The van der Waals surface area contributed by atoms with Gasteiger partial charge in [0.25, 0.3) is 0 Å². The number of benzene rings is 1. The van der Waals surface area contributed by atoms with Crippen molar-refractivity contribution in [1.29, 1.82) is 0 Å². The van der Waals surface area contributed by atoms with Crippen LogP contribution >= 0.6 is 24.0 Å². The fraction of sp³-hybridized carbons (Fsp3) is 0.167. The molecule has 6 nitrogen and oxygen atoms in total. The highest BCUT2D eigenvalue weighted by Crippen LogP contribution is 2.20. The van der Waals surface area contributed by atoms with E-state index >= 15 is 0 Å². The number of rotatable bonds is 4. The fourth-order valence-electron chi connectivity index (χ4n) is 1.80. The predicted molar refractivity (Wildman–Crippen MR) is 79.3 cm³/mol. The molecule has 0 atom stereocenters. The highest BCUT2D eigenvalue weighted by molar-refractivity contribution is 7.98. The lowest BCUT2D eigenvalue weighted by molar-refractivity contribution is 0.787. The van der Waals surface area contributed by atoms with E-state index in [1.807, 2.05) is 46.5 Å². The summed E-state index contributed by atoms with van der Waals surface area (Å²) >= 11 is 6.87. The number of aromatic amines is 1. The van der Waals surface area contributed by atoms with Crippen LogP contribution in [0, 0.1) is 4.77 Å². The third-order valence-electron chi connectivity index (χ3n) is 2.76. The third kappa shape index (κ3) is 2.52. The molecule has 0 aliphatic carbocycles. The molecule has 0 bridgehead atoms. The van der Waals surface area contributed by atoms with Gasteiger partial charge in [-0.3, -0.25) is 9.67 Å². The van der Waals surface area contributed by atoms with Crippen molar-refractivity contribution in [1.82, 2.24) is 29.5 Å². The van der Waals surface area contributed by atoms with E-state index in [0.29, 0.717) is 10.5 Å². The molecule has 2 heterocycles. The number of aromatic nitrogens is 6. The number of nitrogens with one attached hydrogen (secondary N) is 1. The van der Waals surface area contributed by atoms with Crippen molar-refractivity contribution < 1.29 is 0 Å². The summed E-state index contributed by atoms with van der Waals surface area (Å²) in [5, 5.41) is 15.9. The molecule has 102 valence electrons. The van der Waals surface area contributed by atoms with Crippen LogP contribution in [0.5, 0.6) is 0 Å². The third-order valence-corrected chi connectivity index (χ3v) is 4.06. The Kier molecular flexibility index (Phi) is 3.66. The second kappa shape index (κ2) is 5.59. The molecule has 0 aliphatic heterocycles. The topological polar surface area (TPSA) is 64.3 Å². The first kappa shape index (κ1) is 13.1. The number of para-hydroxylation sites is 1. The van der Waals surface area contributed by atoms with Crippen LogP contribution in [-0.2, 0) is 12.8 Å². The van der Waals surface area contributed by atoms with Crippen LogP contribution in [0.1, 0.15) is 5.82 Å². The van der Waals surface area contributed by atoms with Gasteiger partial charge in [0.05, 0.1) is 5.75 Å². The van der Waals surface area contributed by atoms with Crippen molar-refractivity contribution in [2.75, 3.05) is 0 Å². The normalized spacial score (nSPS) is 10.8. The number of hydrogen-bond acceptors (Lipinski definition) is 5. The molecule has 0 amide bonds. The van der Waals surface area contributed by atoms with E-state index < -0.39 is 0 Å². The number of hydrogen-bond donors (Lipinski definition) is 1. The molecular weight excluding hydrogens is 292 g/mol. The first-order valence-corrected chi connectivity index (χ1v) is 7.33. The van der Waals surface area contributed by atoms with Gasteiger partial charge in [0.15, 0.2) is 9.93 Å². The first-order valence-electron chi connectivity index (χ1n) is 5.94. The minimum atomic E-state index is 0.588. The Morgan fingerprint density at radius 1 is 1.30 bits per heavy atom. The Hall–Kier alpha value is -1.93. The quantitative estimate of drug-likeness (QED) is 0.592. The second-order valence-corrected chi connectivity index (χ2v) is 5.46. The fourth-order valence-corrected chi connectivity index (χ4v) is 2.87. The zero-order chi connectivity index (χ0) is 13.9. The summed E-state index contributed by atoms with van der Waals surface area (Å²) in [4.78, 5) is 0. The monoisotopic (exact) mass is 304 g/mol. The number of H-pyrrole nitrogens is 1. The van der Waals surface area contributed by atoms with Crippen molar-refractivity contribution in [2.24, 2.45) is 7.05 Å².